The molecule has 3 heterocycles. The molecule has 0 N–H and O–H groups in total. The van der Waals surface area contributed by atoms with E-state index in [2.05, 4.69) is 10.1 Å². The van der Waals surface area contributed by atoms with Gasteiger partial charge in [-0.2, -0.15) is 10.1 Å². The molecule has 5 rings (SSSR count). The van der Waals surface area contributed by atoms with Gasteiger partial charge in [0.1, 0.15) is 11.7 Å². The van der Waals surface area contributed by atoms with Crippen LogP contribution in [0, 0.1) is 5.92 Å². The van der Waals surface area contributed by atoms with Crippen molar-refractivity contribution in [3.63, 3.8) is 0 Å². The van der Waals surface area contributed by atoms with Gasteiger partial charge in [0.2, 0.25) is 0 Å². The number of para-hydroxylation sites is 1. The molecule has 1 aromatic heterocycles. The van der Waals surface area contributed by atoms with Crippen molar-refractivity contribution in [2.75, 3.05) is 18.7 Å². The Morgan fingerprint density at radius 2 is 1.87 bits per heavy atom. The number of rotatable bonds is 6. The number of fused-ring (bicyclic) bond motifs is 1. The SMILES string of the molecule is CCOC(=O)C1=C(C)N=c2s/c(=C/[C@@H]3C(=O)N(c4ccccc4)N=C3C)c(=O)n2[C@H]1c1cccc(OC)c1. The topological polar surface area (TPSA) is 103 Å². The summed E-state index contributed by atoms with van der Waals surface area (Å²) in [7, 11) is 1.55. The summed E-state index contributed by atoms with van der Waals surface area (Å²) in [5.41, 5.74) is 2.31. The second-order valence-corrected chi connectivity index (χ2v) is 9.81. The molecule has 0 saturated heterocycles. The van der Waals surface area contributed by atoms with Gasteiger partial charge in [-0.1, -0.05) is 41.7 Å². The molecule has 2 atom stereocenters. The Hall–Kier alpha value is -4.31. The van der Waals surface area contributed by atoms with E-state index in [1.165, 1.54) is 20.9 Å². The van der Waals surface area contributed by atoms with Crippen LogP contribution in [0.1, 0.15) is 32.4 Å². The van der Waals surface area contributed by atoms with Crippen LogP contribution < -0.4 is 24.6 Å². The molecule has 2 aliphatic heterocycles. The second kappa shape index (κ2) is 10.2. The average molecular weight is 531 g/mol. The zero-order valence-electron chi connectivity index (χ0n) is 21.4. The largest absolute Gasteiger partial charge is 0.497 e. The molecule has 0 spiro atoms. The van der Waals surface area contributed by atoms with Gasteiger partial charge in [0, 0.05) is 0 Å². The summed E-state index contributed by atoms with van der Waals surface area (Å²) in [6.45, 7) is 5.41. The van der Waals surface area contributed by atoms with Gasteiger partial charge < -0.3 is 9.47 Å². The number of hydrogen-bond acceptors (Lipinski definition) is 8. The summed E-state index contributed by atoms with van der Waals surface area (Å²) in [5.74, 6) is -0.889. The minimum absolute atomic E-state index is 0.186. The van der Waals surface area contributed by atoms with Gasteiger partial charge in [0.25, 0.3) is 11.5 Å². The van der Waals surface area contributed by atoms with Gasteiger partial charge in [-0.25, -0.2) is 9.79 Å². The predicted molar refractivity (Wildman–Crippen MR) is 145 cm³/mol. The van der Waals surface area contributed by atoms with Crippen molar-refractivity contribution in [1.29, 1.82) is 0 Å². The zero-order valence-corrected chi connectivity index (χ0v) is 22.2. The molecular formula is C28H26N4O5S. The number of anilines is 1. The number of thiazole rings is 1. The lowest BCUT2D eigenvalue weighted by Crippen LogP contribution is -2.40. The average Bonchev–Trinajstić information content (AvgIpc) is 3.38. The molecular weight excluding hydrogens is 504 g/mol. The maximum Gasteiger partial charge on any atom is 0.338 e. The molecule has 9 nitrogen and oxygen atoms in total. The molecule has 194 valence electrons. The van der Waals surface area contributed by atoms with E-state index in [-0.39, 0.29) is 23.6 Å². The van der Waals surface area contributed by atoms with Crippen molar-refractivity contribution in [1.82, 2.24) is 4.57 Å². The summed E-state index contributed by atoms with van der Waals surface area (Å²) in [5, 5.41) is 5.79. The highest BCUT2D eigenvalue weighted by Gasteiger charge is 2.35. The van der Waals surface area contributed by atoms with Gasteiger partial charge in [-0.3, -0.25) is 14.2 Å². The van der Waals surface area contributed by atoms with Crippen LogP contribution in [0.3, 0.4) is 0 Å². The van der Waals surface area contributed by atoms with Crippen molar-refractivity contribution in [2.24, 2.45) is 16.0 Å². The number of allylic oxidation sites excluding steroid dienone is 1. The molecule has 0 bridgehead atoms. The molecule has 10 heteroatoms. The number of benzene rings is 2. The maximum absolute atomic E-state index is 13.8. The van der Waals surface area contributed by atoms with E-state index >= 15 is 0 Å². The highest BCUT2D eigenvalue weighted by molar-refractivity contribution is 7.07. The highest BCUT2D eigenvalue weighted by atomic mass is 32.1. The van der Waals surface area contributed by atoms with Crippen LogP contribution in [0.2, 0.25) is 0 Å². The van der Waals surface area contributed by atoms with Crippen LogP contribution in [0.15, 0.2) is 80.8 Å². The van der Waals surface area contributed by atoms with Crippen molar-refractivity contribution in [2.45, 2.75) is 26.8 Å². The van der Waals surface area contributed by atoms with Crippen molar-refractivity contribution < 1.29 is 19.1 Å². The third-order valence-electron chi connectivity index (χ3n) is 6.43. The number of hydrazone groups is 1. The zero-order chi connectivity index (χ0) is 27.0. The smallest absolute Gasteiger partial charge is 0.338 e. The normalized spacial score (nSPS) is 19.3. The van der Waals surface area contributed by atoms with Gasteiger partial charge in [-0.05, 0) is 56.7 Å². The molecule has 38 heavy (non-hydrogen) atoms. The molecule has 1 amide bonds. The fourth-order valence-corrected chi connectivity index (χ4v) is 5.67. The Morgan fingerprint density at radius 1 is 1.11 bits per heavy atom. The molecule has 0 saturated carbocycles. The quantitative estimate of drug-likeness (QED) is 0.456. The molecule has 3 aromatic rings. The summed E-state index contributed by atoms with van der Waals surface area (Å²) in [6.07, 6.45) is 1.64. The van der Waals surface area contributed by atoms with Crippen LogP contribution in [0.4, 0.5) is 5.69 Å². The van der Waals surface area contributed by atoms with E-state index in [1.807, 2.05) is 24.3 Å². The first-order valence-electron chi connectivity index (χ1n) is 12.1. The molecule has 0 unspecified atom stereocenters. The van der Waals surface area contributed by atoms with Crippen molar-refractivity contribution in [3.8, 4) is 5.75 Å². The first-order chi connectivity index (χ1) is 18.3. The van der Waals surface area contributed by atoms with E-state index < -0.39 is 17.9 Å². The molecule has 0 radical (unpaired) electrons. The second-order valence-electron chi connectivity index (χ2n) is 8.81. The highest BCUT2D eigenvalue weighted by Crippen LogP contribution is 2.32. The van der Waals surface area contributed by atoms with Crippen molar-refractivity contribution >= 4 is 40.7 Å². The Bertz CT molecular complexity index is 1670. The third-order valence-corrected chi connectivity index (χ3v) is 7.43. The number of amides is 1. The Morgan fingerprint density at radius 3 is 2.58 bits per heavy atom. The molecule has 2 aromatic carbocycles. The number of methoxy groups -OCH3 is 1. The van der Waals surface area contributed by atoms with Gasteiger partial charge in [-0.15, -0.1) is 0 Å². The lowest BCUT2D eigenvalue weighted by molar-refractivity contribution is -0.139. The molecule has 2 aliphatic rings. The van der Waals surface area contributed by atoms with Crippen LogP contribution in [-0.2, 0) is 14.3 Å². The minimum Gasteiger partial charge on any atom is -0.497 e. The predicted octanol–water partition coefficient (Wildman–Crippen LogP) is 2.80. The lowest BCUT2D eigenvalue weighted by Gasteiger charge is -2.25. The van der Waals surface area contributed by atoms with Crippen LogP contribution in [0.25, 0.3) is 6.08 Å². The summed E-state index contributed by atoms with van der Waals surface area (Å²) in [6, 6.07) is 15.6. The Kier molecular flexibility index (Phi) is 6.81. The fraction of sp³-hybridized carbons (Fsp3) is 0.250. The Balaban J connectivity index is 1.64. The lowest BCUT2D eigenvalue weighted by atomic mass is 9.95. The van der Waals surface area contributed by atoms with E-state index in [4.69, 9.17) is 9.47 Å². The number of ether oxygens (including phenoxy) is 2. The first-order valence-corrected chi connectivity index (χ1v) is 12.9. The minimum atomic E-state index is -0.766. The van der Waals surface area contributed by atoms with E-state index in [0.29, 0.717) is 37.7 Å². The Labute approximate surface area is 222 Å². The summed E-state index contributed by atoms with van der Waals surface area (Å²) < 4.78 is 12.6. The summed E-state index contributed by atoms with van der Waals surface area (Å²) in [4.78, 5) is 45.2. The maximum atomic E-state index is 13.8. The number of hydrogen-bond donors (Lipinski definition) is 0. The number of carbonyl (C=O) groups is 2. The number of esters is 1. The number of aromatic nitrogens is 1. The van der Waals surface area contributed by atoms with E-state index in [9.17, 15) is 14.4 Å². The van der Waals surface area contributed by atoms with E-state index in [1.54, 1.807) is 64.3 Å². The first kappa shape index (κ1) is 25.3. The van der Waals surface area contributed by atoms with Gasteiger partial charge in [0.05, 0.1) is 47.0 Å². The standard InChI is InChI=1S/C28H26N4O5S/c1-5-37-27(35)23-17(3)29-28-31(24(23)18-10-9-13-20(14-18)36-4)26(34)22(38-28)15-21-16(2)30-32(25(21)33)19-11-7-6-8-12-19/h6-15,21,24H,5H2,1-4H3/b22-15+/t21-,24-/m0/s1. The molecule has 0 fully saturated rings. The number of carbonyl (C=O) groups excluding carboxylic acids is 2. The van der Waals surface area contributed by atoms with Gasteiger partial charge >= 0.3 is 5.97 Å². The number of nitrogens with zero attached hydrogens (tertiary/aromatic N) is 4. The van der Waals surface area contributed by atoms with Crippen LogP contribution in [-0.4, -0.2) is 35.9 Å². The van der Waals surface area contributed by atoms with E-state index in [0.717, 1.165) is 0 Å². The van der Waals surface area contributed by atoms with Crippen molar-refractivity contribution in [3.05, 3.63) is 91.1 Å². The third kappa shape index (κ3) is 4.37. The molecule has 0 aliphatic carbocycles. The summed E-state index contributed by atoms with van der Waals surface area (Å²) >= 11 is 1.17. The monoisotopic (exact) mass is 530 g/mol. The fourth-order valence-electron chi connectivity index (χ4n) is 4.61. The van der Waals surface area contributed by atoms with Crippen LogP contribution in [0.5, 0.6) is 5.75 Å². The van der Waals surface area contributed by atoms with Crippen LogP contribution >= 0.6 is 11.3 Å². The van der Waals surface area contributed by atoms with Gasteiger partial charge in [0.15, 0.2) is 4.80 Å².